The number of fused-ring (bicyclic) bond motifs is 1. The monoisotopic (exact) mass is 760 g/mol. The molecule has 0 aliphatic carbocycles. The summed E-state index contributed by atoms with van der Waals surface area (Å²) < 4.78 is 13.6. The number of hydrogen-bond acceptors (Lipinski definition) is 7. The summed E-state index contributed by atoms with van der Waals surface area (Å²) in [5.41, 5.74) is 3.36. The van der Waals surface area contributed by atoms with E-state index in [4.69, 9.17) is 9.16 Å². The van der Waals surface area contributed by atoms with Gasteiger partial charge in [0.2, 0.25) is 0 Å². The Morgan fingerprint density at radius 1 is 0.800 bits per heavy atom. The van der Waals surface area contributed by atoms with Crippen LogP contribution in [0.1, 0.15) is 88.1 Å². The average molecular weight is 761 g/mol. The van der Waals surface area contributed by atoms with Gasteiger partial charge in [-0.15, -0.1) is 11.3 Å². The van der Waals surface area contributed by atoms with Crippen LogP contribution in [0, 0.1) is 34.0 Å². The summed E-state index contributed by atoms with van der Waals surface area (Å²) in [5.74, 6) is 0.944. The van der Waals surface area contributed by atoms with E-state index in [0.29, 0.717) is 5.57 Å². The quantitative estimate of drug-likeness (QED) is 0.0939. The number of allylic oxidation sites excluding steroid dienone is 2. The Hall–Kier alpha value is -5.59. The predicted octanol–water partition coefficient (Wildman–Crippen LogP) is 10.2. The lowest BCUT2D eigenvalue weighted by molar-refractivity contribution is 0.0954. The molecule has 8 heteroatoms. The van der Waals surface area contributed by atoms with E-state index < -0.39 is 13.9 Å². The van der Waals surface area contributed by atoms with E-state index in [2.05, 4.69) is 130 Å². The van der Waals surface area contributed by atoms with Crippen molar-refractivity contribution in [3.05, 3.63) is 134 Å². The number of hydrogen-bond donors (Lipinski definition) is 0. The van der Waals surface area contributed by atoms with Crippen molar-refractivity contribution in [3.8, 4) is 24.0 Å². The van der Waals surface area contributed by atoms with Crippen LogP contribution in [-0.4, -0.2) is 27.0 Å². The van der Waals surface area contributed by atoms with Gasteiger partial charge in [-0.05, 0) is 85.1 Å². The maximum atomic E-state index is 9.94. The highest BCUT2D eigenvalue weighted by atomic mass is 32.1. The number of unbranched alkanes of at least 4 members (excludes halogenated alkanes) is 2. The third-order valence-corrected chi connectivity index (χ3v) is 16.7. The number of nitrogens with zero attached hydrogens (tertiary/aromatic N) is 4. The zero-order valence-corrected chi connectivity index (χ0v) is 34.5. The largest absolute Gasteiger partial charge is 0.533 e. The fourth-order valence-electron chi connectivity index (χ4n) is 7.78. The van der Waals surface area contributed by atoms with Crippen molar-refractivity contribution in [2.45, 2.75) is 77.9 Å². The Bertz CT molecular complexity index is 2290. The molecule has 55 heavy (non-hydrogen) atoms. The van der Waals surface area contributed by atoms with Crippen LogP contribution in [0.5, 0.6) is 5.75 Å². The van der Waals surface area contributed by atoms with Crippen molar-refractivity contribution in [2.75, 3.05) is 18.0 Å². The molecule has 6 nitrogen and oxygen atoms in total. The van der Waals surface area contributed by atoms with Gasteiger partial charge in [0, 0.05) is 50.8 Å². The average Bonchev–Trinajstić information content (AvgIpc) is 3.76. The molecular weight excluding hydrogens is 713 g/mol. The number of anilines is 1. The van der Waals surface area contributed by atoms with E-state index in [1.165, 1.54) is 21.6 Å². The Morgan fingerprint density at radius 2 is 1.44 bits per heavy atom. The van der Waals surface area contributed by atoms with Crippen LogP contribution in [0.3, 0.4) is 0 Å². The van der Waals surface area contributed by atoms with E-state index in [0.717, 1.165) is 59.8 Å². The Morgan fingerprint density at radius 3 is 2.07 bits per heavy atom. The molecule has 0 radical (unpaired) electrons. The van der Waals surface area contributed by atoms with Crippen LogP contribution in [0.4, 0.5) is 5.69 Å². The SMILES string of the molecule is CCCCN(CCCC)c1ccc(/C=C/c2ccc(/C=C/C3=C(C#N)C(=C(C#N)C#N)OC3(C)C)s2)c(O[Si]2(c3ccccc3)c3ccccc3C2(C)C)c1. The highest BCUT2D eigenvalue weighted by Crippen LogP contribution is 2.45. The summed E-state index contributed by atoms with van der Waals surface area (Å²) in [5, 5.41) is 31.3. The first kappa shape index (κ1) is 39.1. The fourth-order valence-corrected chi connectivity index (χ4v) is 13.5. The molecule has 278 valence electrons. The lowest BCUT2D eigenvalue weighted by atomic mass is 9.94. The van der Waals surface area contributed by atoms with Gasteiger partial charge < -0.3 is 14.1 Å². The van der Waals surface area contributed by atoms with Gasteiger partial charge in [-0.1, -0.05) is 101 Å². The summed E-state index contributed by atoms with van der Waals surface area (Å²) in [6, 6.07) is 36.4. The van der Waals surface area contributed by atoms with Gasteiger partial charge in [-0.3, -0.25) is 0 Å². The van der Waals surface area contributed by atoms with E-state index in [9.17, 15) is 15.8 Å². The van der Waals surface area contributed by atoms with Crippen molar-refractivity contribution in [3.63, 3.8) is 0 Å². The fraction of sp³-hybridized carbons (Fsp3) is 0.298. The molecule has 1 aromatic heterocycles. The summed E-state index contributed by atoms with van der Waals surface area (Å²) in [6.45, 7) is 14.9. The van der Waals surface area contributed by atoms with Crippen molar-refractivity contribution in [1.29, 1.82) is 15.8 Å². The van der Waals surface area contributed by atoms with Crippen LogP contribution >= 0.6 is 11.3 Å². The van der Waals surface area contributed by atoms with Crippen LogP contribution in [0.2, 0.25) is 0 Å². The van der Waals surface area contributed by atoms with Crippen molar-refractivity contribution in [2.24, 2.45) is 0 Å². The molecular formula is C47H48N4O2SSi. The molecule has 0 fully saturated rings. The Labute approximate surface area is 331 Å². The smallest absolute Gasteiger partial charge is 0.324 e. The summed E-state index contributed by atoms with van der Waals surface area (Å²) >= 11 is 1.63. The number of ether oxygens (including phenoxy) is 1. The molecule has 2 aliphatic heterocycles. The first-order valence-electron chi connectivity index (χ1n) is 19.1. The van der Waals surface area contributed by atoms with E-state index in [1.807, 2.05) is 44.2 Å². The second kappa shape index (κ2) is 16.4. The van der Waals surface area contributed by atoms with Crippen LogP contribution in [-0.2, 0) is 9.78 Å². The van der Waals surface area contributed by atoms with Gasteiger partial charge in [-0.25, -0.2) is 0 Å². The zero-order valence-electron chi connectivity index (χ0n) is 32.6. The Kier molecular flexibility index (Phi) is 11.7. The molecule has 1 unspecified atom stereocenters. The van der Waals surface area contributed by atoms with Gasteiger partial charge in [-0.2, -0.15) is 15.8 Å². The minimum absolute atomic E-state index is 0.0423. The first-order chi connectivity index (χ1) is 26.5. The van der Waals surface area contributed by atoms with Crippen molar-refractivity contribution >= 4 is 53.9 Å². The lowest BCUT2D eigenvalue weighted by Gasteiger charge is -2.54. The molecule has 2 aliphatic rings. The molecule has 0 saturated carbocycles. The normalized spacial score (nSPS) is 17.9. The lowest BCUT2D eigenvalue weighted by Crippen LogP contribution is -2.82. The molecule has 3 heterocycles. The first-order valence-corrected chi connectivity index (χ1v) is 21.8. The molecule has 0 bridgehead atoms. The molecule has 0 amide bonds. The van der Waals surface area contributed by atoms with Gasteiger partial charge in [0.25, 0.3) is 0 Å². The van der Waals surface area contributed by atoms with Crippen LogP contribution in [0.25, 0.3) is 18.2 Å². The van der Waals surface area contributed by atoms with Crippen LogP contribution < -0.4 is 19.7 Å². The van der Waals surface area contributed by atoms with Gasteiger partial charge in [0.05, 0.1) is 0 Å². The van der Waals surface area contributed by atoms with Gasteiger partial charge >= 0.3 is 8.32 Å². The highest BCUT2D eigenvalue weighted by Gasteiger charge is 2.64. The third-order valence-electron chi connectivity index (χ3n) is 10.8. The van der Waals surface area contributed by atoms with Crippen molar-refractivity contribution < 1.29 is 9.16 Å². The maximum absolute atomic E-state index is 9.94. The van der Waals surface area contributed by atoms with E-state index in [1.54, 1.807) is 11.3 Å². The third kappa shape index (κ3) is 7.44. The van der Waals surface area contributed by atoms with Crippen molar-refractivity contribution in [1.82, 2.24) is 0 Å². The summed E-state index contributed by atoms with van der Waals surface area (Å²) in [4.78, 5) is 4.59. The number of benzene rings is 3. The predicted molar refractivity (Wildman–Crippen MR) is 228 cm³/mol. The maximum Gasteiger partial charge on any atom is 0.324 e. The highest BCUT2D eigenvalue weighted by molar-refractivity contribution is 7.13. The van der Waals surface area contributed by atoms with Gasteiger partial charge in [0.15, 0.2) is 11.3 Å². The molecule has 0 N–H and O–H groups in total. The summed E-state index contributed by atoms with van der Waals surface area (Å²) in [6.07, 6.45) is 12.7. The molecule has 0 saturated heterocycles. The molecule has 6 rings (SSSR count). The van der Waals surface area contributed by atoms with Crippen LogP contribution in [0.15, 0.2) is 113 Å². The van der Waals surface area contributed by atoms with Gasteiger partial charge in [0.1, 0.15) is 35.1 Å². The molecule has 4 aromatic rings. The molecule has 0 spiro atoms. The van der Waals surface area contributed by atoms with E-state index >= 15 is 0 Å². The van der Waals surface area contributed by atoms with E-state index in [-0.39, 0.29) is 21.9 Å². The minimum atomic E-state index is -2.75. The molecule has 3 aromatic carbocycles. The minimum Gasteiger partial charge on any atom is -0.533 e. The summed E-state index contributed by atoms with van der Waals surface area (Å²) in [7, 11) is -2.75. The Balaban J connectivity index is 1.38. The number of rotatable bonds is 14. The molecule has 1 atom stereocenters. The standard InChI is InChI=1S/C47H48N4O2SSi/c1-7-9-28-51(29-10-8-2)36-22-20-34(43(30-36)53-55(39-16-12-11-13-17-39)44-19-15-14-18-42(44)47(55,5)6)21-23-37-24-25-38(54-37)26-27-41-40(33-50)45(35(31-48)32-49)52-46(41,3)4/h11-27,30H,7-10,28-29H2,1-6H3/b23-21+,27-26+. The second-order valence-corrected chi connectivity index (χ2v) is 20.2. The number of nitriles is 3. The topological polar surface area (TPSA) is 93.1 Å². The number of thiophene rings is 1. The second-order valence-electron chi connectivity index (χ2n) is 15.1. The zero-order chi connectivity index (χ0) is 39.2.